The first-order chi connectivity index (χ1) is 15.6. The first-order valence-corrected chi connectivity index (χ1v) is 9.67. The van der Waals surface area contributed by atoms with Crippen molar-refractivity contribution in [2.45, 2.75) is 6.61 Å². The number of H-pyrrole nitrogens is 1. The Morgan fingerprint density at radius 1 is 1.09 bits per heavy atom. The fourth-order valence-electron chi connectivity index (χ4n) is 3.23. The zero-order valence-corrected chi connectivity index (χ0v) is 17.1. The molecule has 1 heterocycles. The zero-order chi connectivity index (χ0) is 22.5. The van der Waals surface area contributed by atoms with Gasteiger partial charge in [0, 0.05) is 5.56 Å². The quantitative estimate of drug-likeness (QED) is 0.428. The van der Waals surface area contributed by atoms with Crippen molar-refractivity contribution in [3.05, 3.63) is 89.0 Å². The standard InChI is InChI=1S/C25H17FN4O2/c1-31-24-11-16(6-9-23(24)32-15-18-5-3-2-4-17(18)13-27)10-19(14-28)25-29-21-8-7-20(26)12-22(21)30-25/h2-12H,15H2,1H3,(H,29,30)/b19-10-. The molecule has 7 heteroatoms. The highest BCUT2D eigenvalue weighted by Crippen LogP contribution is 2.31. The van der Waals surface area contributed by atoms with Crippen LogP contribution in [-0.4, -0.2) is 17.1 Å². The van der Waals surface area contributed by atoms with Crippen molar-refractivity contribution in [3.8, 4) is 23.6 Å². The van der Waals surface area contributed by atoms with Crippen LogP contribution in [0, 0.1) is 28.5 Å². The molecule has 0 radical (unpaired) electrons. The molecular weight excluding hydrogens is 407 g/mol. The van der Waals surface area contributed by atoms with Crippen LogP contribution in [0.5, 0.6) is 11.5 Å². The highest BCUT2D eigenvalue weighted by Gasteiger charge is 2.11. The molecular formula is C25H17FN4O2. The number of benzene rings is 3. The molecule has 0 bridgehead atoms. The molecule has 1 aromatic heterocycles. The maximum Gasteiger partial charge on any atom is 0.161 e. The molecule has 0 fully saturated rings. The number of hydrogen-bond acceptors (Lipinski definition) is 5. The van der Waals surface area contributed by atoms with Gasteiger partial charge in [0.2, 0.25) is 0 Å². The van der Waals surface area contributed by atoms with E-state index in [4.69, 9.17) is 9.47 Å². The molecule has 6 nitrogen and oxygen atoms in total. The fourth-order valence-corrected chi connectivity index (χ4v) is 3.23. The van der Waals surface area contributed by atoms with E-state index in [1.807, 2.05) is 12.1 Å². The van der Waals surface area contributed by atoms with Gasteiger partial charge < -0.3 is 14.5 Å². The molecule has 32 heavy (non-hydrogen) atoms. The minimum Gasteiger partial charge on any atom is -0.493 e. The summed E-state index contributed by atoms with van der Waals surface area (Å²) >= 11 is 0. The van der Waals surface area contributed by atoms with Gasteiger partial charge in [-0.05, 0) is 48.0 Å². The monoisotopic (exact) mass is 424 g/mol. The number of allylic oxidation sites excluding steroid dienone is 1. The highest BCUT2D eigenvalue weighted by molar-refractivity contribution is 5.90. The number of nitrogens with zero attached hydrogens (tertiary/aromatic N) is 3. The predicted octanol–water partition coefficient (Wildman–Crippen LogP) is 5.23. The van der Waals surface area contributed by atoms with Crippen LogP contribution in [0.3, 0.4) is 0 Å². The van der Waals surface area contributed by atoms with Crippen molar-refractivity contribution in [1.29, 1.82) is 10.5 Å². The third-order valence-corrected chi connectivity index (χ3v) is 4.84. The molecule has 1 N–H and O–H groups in total. The predicted molar refractivity (Wildman–Crippen MR) is 118 cm³/mol. The molecule has 3 aromatic carbocycles. The molecule has 0 atom stereocenters. The summed E-state index contributed by atoms with van der Waals surface area (Å²) < 4.78 is 24.8. The summed E-state index contributed by atoms with van der Waals surface area (Å²) in [5.74, 6) is 0.959. The Hall–Kier alpha value is -4.62. The number of fused-ring (bicyclic) bond motifs is 1. The van der Waals surface area contributed by atoms with Crippen molar-refractivity contribution in [3.63, 3.8) is 0 Å². The lowest BCUT2D eigenvalue weighted by Gasteiger charge is -2.12. The van der Waals surface area contributed by atoms with Gasteiger partial charge in [0.15, 0.2) is 11.5 Å². The van der Waals surface area contributed by atoms with Gasteiger partial charge in [0.05, 0.1) is 35.3 Å². The molecule has 0 aliphatic heterocycles. The maximum atomic E-state index is 13.4. The summed E-state index contributed by atoms with van der Waals surface area (Å²) in [6, 6.07) is 21.0. The first-order valence-electron chi connectivity index (χ1n) is 9.67. The van der Waals surface area contributed by atoms with Crippen molar-refractivity contribution in [1.82, 2.24) is 9.97 Å². The van der Waals surface area contributed by atoms with E-state index >= 15 is 0 Å². The Balaban J connectivity index is 1.60. The van der Waals surface area contributed by atoms with Crippen molar-refractivity contribution in [2.75, 3.05) is 7.11 Å². The lowest BCUT2D eigenvalue weighted by atomic mass is 10.1. The molecule has 0 amide bonds. The van der Waals surface area contributed by atoms with Crippen LogP contribution >= 0.6 is 0 Å². The number of hydrogen-bond donors (Lipinski definition) is 1. The van der Waals surface area contributed by atoms with E-state index in [1.165, 1.54) is 19.2 Å². The van der Waals surface area contributed by atoms with E-state index in [-0.39, 0.29) is 12.4 Å². The van der Waals surface area contributed by atoms with E-state index in [0.717, 1.165) is 5.56 Å². The fraction of sp³-hybridized carbons (Fsp3) is 0.0800. The van der Waals surface area contributed by atoms with Gasteiger partial charge in [-0.1, -0.05) is 24.3 Å². The lowest BCUT2D eigenvalue weighted by Crippen LogP contribution is -2.00. The summed E-state index contributed by atoms with van der Waals surface area (Å²) in [5, 5.41) is 18.9. The Bertz CT molecular complexity index is 1410. The SMILES string of the molecule is COc1cc(/C=C(/C#N)c2nc3ccc(F)cc3[nH]2)ccc1OCc1ccccc1C#N. The number of rotatable bonds is 6. The van der Waals surface area contributed by atoms with Crippen LogP contribution in [-0.2, 0) is 6.61 Å². The number of aromatic nitrogens is 2. The Labute approximate surface area is 183 Å². The smallest absolute Gasteiger partial charge is 0.161 e. The van der Waals surface area contributed by atoms with Gasteiger partial charge in [0.1, 0.15) is 24.3 Å². The van der Waals surface area contributed by atoms with Crippen LogP contribution in [0.1, 0.15) is 22.5 Å². The second kappa shape index (κ2) is 9.03. The summed E-state index contributed by atoms with van der Waals surface area (Å²) in [5.41, 5.74) is 3.40. The second-order valence-corrected chi connectivity index (χ2v) is 6.88. The van der Waals surface area contributed by atoms with Gasteiger partial charge in [0.25, 0.3) is 0 Å². The molecule has 4 aromatic rings. The van der Waals surface area contributed by atoms with Crippen molar-refractivity contribution < 1.29 is 13.9 Å². The number of methoxy groups -OCH3 is 1. The van der Waals surface area contributed by atoms with Gasteiger partial charge in [-0.2, -0.15) is 10.5 Å². The van der Waals surface area contributed by atoms with Crippen LogP contribution < -0.4 is 9.47 Å². The number of nitrogens with one attached hydrogen (secondary N) is 1. The largest absolute Gasteiger partial charge is 0.493 e. The van der Waals surface area contributed by atoms with E-state index < -0.39 is 0 Å². The first kappa shape index (κ1) is 20.6. The Kier molecular flexibility index (Phi) is 5.83. The highest BCUT2D eigenvalue weighted by atomic mass is 19.1. The van der Waals surface area contributed by atoms with Crippen LogP contribution in [0.15, 0.2) is 60.7 Å². The molecule has 156 valence electrons. The molecule has 0 aliphatic rings. The van der Waals surface area contributed by atoms with E-state index in [9.17, 15) is 14.9 Å². The van der Waals surface area contributed by atoms with Gasteiger partial charge in [-0.15, -0.1) is 0 Å². The number of nitriles is 2. The number of imidazole rings is 1. The Morgan fingerprint density at radius 2 is 1.94 bits per heavy atom. The number of ether oxygens (including phenoxy) is 2. The summed E-state index contributed by atoms with van der Waals surface area (Å²) in [7, 11) is 1.53. The average molecular weight is 424 g/mol. The van der Waals surface area contributed by atoms with Gasteiger partial charge in [-0.3, -0.25) is 0 Å². The number of halogens is 1. The molecule has 4 rings (SSSR count). The van der Waals surface area contributed by atoms with E-state index in [0.29, 0.717) is 45.1 Å². The summed E-state index contributed by atoms with van der Waals surface area (Å²) in [6.07, 6.45) is 1.66. The average Bonchev–Trinajstić information content (AvgIpc) is 3.24. The Morgan fingerprint density at radius 3 is 2.72 bits per heavy atom. The lowest BCUT2D eigenvalue weighted by molar-refractivity contribution is 0.284. The van der Waals surface area contributed by atoms with Crippen LogP contribution in [0.2, 0.25) is 0 Å². The maximum absolute atomic E-state index is 13.4. The summed E-state index contributed by atoms with van der Waals surface area (Å²) in [6.45, 7) is 0.217. The van der Waals surface area contributed by atoms with Crippen LogP contribution in [0.4, 0.5) is 4.39 Å². The van der Waals surface area contributed by atoms with E-state index in [2.05, 4.69) is 22.1 Å². The van der Waals surface area contributed by atoms with E-state index in [1.54, 1.807) is 42.5 Å². The van der Waals surface area contributed by atoms with Crippen molar-refractivity contribution in [2.24, 2.45) is 0 Å². The molecule has 0 saturated carbocycles. The minimum atomic E-state index is -0.382. The molecule has 0 aliphatic carbocycles. The van der Waals surface area contributed by atoms with Crippen LogP contribution in [0.25, 0.3) is 22.7 Å². The molecule has 0 unspecified atom stereocenters. The zero-order valence-electron chi connectivity index (χ0n) is 17.1. The van der Waals surface area contributed by atoms with Crippen molar-refractivity contribution >= 4 is 22.7 Å². The van der Waals surface area contributed by atoms with Gasteiger partial charge in [-0.25, -0.2) is 9.37 Å². The molecule has 0 spiro atoms. The third-order valence-electron chi connectivity index (χ3n) is 4.84. The van der Waals surface area contributed by atoms with Gasteiger partial charge >= 0.3 is 0 Å². The second-order valence-electron chi connectivity index (χ2n) is 6.88. The topological polar surface area (TPSA) is 94.7 Å². The normalized spacial score (nSPS) is 11.1. The number of aromatic amines is 1. The molecule has 0 saturated heterocycles. The third kappa shape index (κ3) is 4.28. The minimum absolute atomic E-state index is 0.217. The summed E-state index contributed by atoms with van der Waals surface area (Å²) in [4.78, 5) is 7.34.